The Kier molecular flexibility index (Phi) is 5.78. The van der Waals surface area contributed by atoms with Gasteiger partial charge < -0.3 is 10.5 Å². The van der Waals surface area contributed by atoms with Crippen LogP contribution in [0.3, 0.4) is 0 Å². The van der Waals surface area contributed by atoms with Crippen molar-refractivity contribution in [1.82, 2.24) is 4.72 Å². The number of sulfonamides is 1. The number of ether oxygens (including phenoxy) is 1. The lowest BCUT2D eigenvalue weighted by Crippen LogP contribution is -2.41. The highest BCUT2D eigenvalue weighted by Crippen LogP contribution is 2.24. The molecule has 0 saturated carbocycles. The van der Waals surface area contributed by atoms with Crippen LogP contribution >= 0.6 is 0 Å². The number of nitrogens with one attached hydrogen (secondary N) is 1. The molecule has 0 heterocycles. The van der Waals surface area contributed by atoms with Crippen LogP contribution in [0.2, 0.25) is 0 Å². The summed E-state index contributed by atoms with van der Waals surface area (Å²) in [5.74, 6) is 0.628. The lowest BCUT2D eigenvalue weighted by Gasteiger charge is -2.27. The van der Waals surface area contributed by atoms with Crippen molar-refractivity contribution < 1.29 is 13.2 Å². The molecule has 1 aromatic rings. The Morgan fingerprint density at radius 3 is 2.43 bits per heavy atom. The van der Waals surface area contributed by atoms with Crippen LogP contribution in [-0.2, 0) is 16.6 Å². The largest absolute Gasteiger partial charge is 0.494 e. The first-order valence-electron chi connectivity index (χ1n) is 7.10. The molecule has 0 radical (unpaired) electrons. The monoisotopic (exact) mass is 314 g/mol. The Morgan fingerprint density at radius 2 is 1.95 bits per heavy atom. The molecule has 0 fully saturated rings. The van der Waals surface area contributed by atoms with Crippen LogP contribution in [0.1, 0.15) is 40.2 Å². The molecule has 5 nitrogen and oxygen atoms in total. The third-order valence-electron chi connectivity index (χ3n) is 3.49. The maximum absolute atomic E-state index is 12.4. The van der Waals surface area contributed by atoms with Crippen molar-refractivity contribution in [2.75, 3.05) is 6.61 Å². The van der Waals surface area contributed by atoms with Gasteiger partial charge in [0.25, 0.3) is 0 Å². The molecule has 6 heteroatoms. The maximum Gasteiger partial charge on any atom is 0.240 e. The fraction of sp³-hybridized carbons (Fsp3) is 0.600. The second kappa shape index (κ2) is 6.77. The average Bonchev–Trinajstić information content (AvgIpc) is 2.37. The maximum atomic E-state index is 12.4. The SMILES string of the molecule is CCOc1ccc(S(=O)(=O)NC(C)C(C)(C)C)cc1CN. The Bertz CT molecular complexity index is 577. The molecule has 0 aliphatic heterocycles. The van der Waals surface area contributed by atoms with Crippen molar-refractivity contribution in [3.05, 3.63) is 23.8 Å². The molecule has 1 atom stereocenters. The van der Waals surface area contributed by atoms with Crippen LogP contribution in [0.4, 0.5) is 0 Å². The van der Waals surface area contributed by atoms with E-state index in [0.29, 0.717) is 17.9 Å². The standard InChI is InChI=1S/C15H26N2O3S/c1-6-20-14-8-7-13(9-12(14)10-16)21(18,19)17-11(2)15(3,4)5/h7-9,11,17H,6,10,16H2,1-5H3. The molecule has 1 rings (SSSR count). The molecule has 3 N–H and O–H groups in total. The molecular formula is C15H26N2O3S. The summed E-state index contributed by atoms with van der Waals surface area (Å²) in [5, 5.41) is 0. The lowest BCUT2D eigenvalue weighted by atomic mass is 9.89. The van der Waals surface area contributed by atoms with E-state index in [1.165, 1.54) is 0 Å². The first kappa shape index (κ1) is 17.9. The van der Waals surface area contributed by atoms with E-state index in [0.717, 1.165) is 0 Å². The van der Waals surface area contributed by atoms with Crippen LogP contribution in [0.15, 0.2) is 23.1 Å². The van der Waals surface area contributed by atoms with E-state index in [1.807, 2.05) is 34.6 Å². The summed E-state index contributed by atoms with van der Waals surface area (Å²) >= 11 is 0. The topological polar surface area (TPSA) is 81.4 Å². The third-order valence-corrected chi connectivity index (χ3v) is 5.03. The van der Waals surface area contributed by atoms with Gasteiger partial charge in [-0.3, -0.25) is 0 Å². The minimum absolute atomic E-state index is 0.158. The summed E-state index contributed by atoms with van der Waals surface area (Å²) in [6.07, 6.45) is 0. The van der Waals surface area contributed by atoms with E-state index in [4.69, 9.17) is 10.5 Å². The van der Waals surface area contributed by atoms with Gasteiger partial charge in [-0.25, -0.2) is 13.1 Å². The fourth-order valence-corrected chi connectivity index (χ4v) is 3.16. The summed E-state index contributed by atoms with van der Waals surface area (Å²) in [7, 11) is -3.57. The summed E-state index contributed by atoms with van der Waals surface area (Å²) < 4.78 is 33.0. The molecule has 1 aromatic carbocycles. The molecule has 0 bridgehead atoms. The van der Waals surface area contributed by atoms with Gasteiger partial charge in [-0.05, 0) is 37.5 Å². The van der Waals surface area contributed by atoms with E-state index in [9.17, 15) is 8.42 Å². The van der Waals surface area contributed by atoms with Gasteiger partial charge in [0.05, 0.1) is 11.5 Å². The van der Waals surface area contributed by atoms with Crippen molar-refractivity contribution in [2.24, 2.45) is 11.1 Å². The number of nitrogens with two attached hydrogens (primary N) is 1. The van der Waals surface area contributed by atoms with Crippen LogP contribution in [0.25, 0.3) is 0 Å². The fourth-order valence-electron chi connectivity index (χ4n) is 1.66. The van der Waals surface area contributed by atoms with Crippen molar-refractivity contribution in [1.29, 1.82) is 0 Å². The van der Waals surface area contributed by atoms with E-state index >= 15 is 0 Å². The first-order valence-corrected chi connectivity index (χ1v) is 8.58. The minimum Gasteiger partial charge on any atom is -0.494 e. The molecule has 120 valence electrons. The van der Waals surface area contributed by atoms with Crippen molar-refractivity contribution in [3.8, 4) is 5.75 Å². The zero-order valence-electron chi connectivity index (χ0n) is 13.4. The van der Waals surface area contributed by atoms with Gasteiger partial charge in [0.2, 0.25) is 10.0 Å². The number of hydrogen-bond acceptors (Lipinski definition) is 4. The molecular weight excluding hydrogens is 288 g/mol. The molecule has 0 saturated heterocycles. The third kappa shape index (κ3) is 4.69. The van der Waals surface area contributed by atoms with Gasteiger partial charge in [-0.1, -0.05) is 20.8 Å². The smallest absolute Gasteiger partial charge is 0.240 e. The average molecular weight is 314 g/mol. The molecule has 0 aliphatic rings. The Morgan fingerprint density at radius 1 is 1.33 bits per heavy atom. The summed E-state index contributed by atoms with van der Waals surface area (Å²) in [6, 6.07) is 4.59. The second-order valence-electron chi connectivity index (χ2n) is 6.12. The normalized spacial score (nSPS) is 14.0. The Hall–Kier alpha value is -1.11. The summed E-state index contributed by atoms with van der Waals surface area (Å²) in [6.45, 7) is 10.4. The number of rotatable bonds is 6. The van der Waals surface area contributed by atoms with E-state index < -0.39 is 10.0 Å². The first-order chi connectivity index (χ1) is 9.61. The van der Waals surface area contributed by atoms with E-state index in [1.54, 1.807) is 18.2 Å². The van der Waals surface area contributed by atoms with Crippen LogP contribution in [-0.4, -0.2) is 21.1 Å². The van der Waals surface area contributed by atoms with Gasteiger partial charge >= 0.3 is 0 Å². The van der Waals surface area contributed by atoms with Crippen molar-refractivity contribution >= 4 is 10.0 Å². The van der Waals surface area contributed by atoms with Gasteiger partial charge in [0.15, 0.2) is 0 Å². The van der Waals surface area contributed by atoms with Gasteiger partial charge in [-0.15, -0.1) is 0 Å². The highest BCUT2D eigenvalue weighted by molar-refractivity contribution is 7.89. The van der Waals surface area contributed by atoms with Gasteiger partial charge in [-0.2, -0.15) is 0 Å². The van der Waals surface area contributed by atoms with Crippen LogP contribution in [0.5, 0.6) is 5.75 Å². The summed E-state index contributed by atoms with van der Waals surface area (Å²) in [4.78, 5) is 0.211. The molecule has 0 aromatic heterocycles. The number of hydrogen-bond donors (Lipinski definition) is 2. The molecule has 21 heavy (non-hydrogen) atoms. The molecule has 0 aliphatic carbocycles. The van der Waals surface area contributed by atoms with Crippen LogP contribution < -0.4 is 15.2 Å². The highest BCUT2D eigenvalue weighted by atomic mass is 32.2. The highest BCUT2D eigenvalue weighted by Gasteiger charge is 2.26. The van der Waals surface area contributed by atoms with Crippen LogP contribution in [0, 0.1) is 5.41 Å². The van der Waals surface area contributed by atoms with Gasteiger partial charge in [0.1, 0.15) is 5.75 Å². The molecule has 0 spiro atoms. The zero-order chi connectivity index (χ0) is 16.3. The molecule has 0 amide bonds. The quantitative estimate of drug-likeness (QED) is 0.844. The van der Waals surface area contributed by atoms with Crippen molar-refractivity contribution in [3.63, 3.8) is 0 Å². The van der Waals surface area contributed by atoms with E-state index in [-0.39, 0.29) is 22.9 Å². The summed E-state index contributed by atoms with van der Waals surface area (Å²) in [5.41, 5.74) is 6.19. The second-order valence-corrected chi connectivity index (χ2v) is 7.83. The predicted octanol–water partition coefficient (Wildman–Crippen LogP) is 2.26. The molecule has 1 unspecified atom stereocenters. The Balaban J connectivity index is 3.09. The number of benzene rings is 1. The van der Waals surface area contributed by atoms with Crippen molar-refractivity contribution in [2.45, 2.75) is 52.1 Å². The Labute approximate surface area is 127 Å². The van der Waals surface area contributed by atoms with E-state index in [2.05, 4.69) is 4.72 Å². The minimum atomic E-state index is -3.57. The predicted molar refractivity (Wildman–Crippen MR) is 84.7 cm³/mol. The lowest BCUT2D eigenvalue weighted by molar-refractivity contribution is 0.317. The van der Waals surface area contributed by atoms with Gasteiger partial charge in [0, 0.05) is 18.2 Å². The zero-order valence-corrected chi connectivity index (χ0v) is 14.3.